The summed E-state index contributed by atoms with van der Waals surface area (Å²) in [4.78, 5) is 38.9. The molecule has 0 aliphatic carbocycles. The van der Waals surface area contributed by atoms with Crippen molar-refractivity contribution < 1.29 is 19.5 Å². The van der Waals surface area contributed by atoms with E-state index in [4.69, 9.17) is 5.73 Å². The van der Waals surface area contributed by atoms with Crippen LogP contribution >= 0.6 is 12.6 Å². The molecular weight excluding hydrogens is 294 g/mol. The third-order valence-corrected chi connectivity index (χ3v) is 4.55. The first-order valence-electron chi connectivity index (χ1n) is 7.17. The Morgan fingerprint density at radius 3 is 2.29 bits per heavy atom. The number of carboxylic acid groups (broad SMARTS) is 1. The average Bonchev–Trinajstić information content (AvgIpc) is 3.13. The summed E-state index contributed by atoms with van der Waals surface area (Å²) in [5.41, 5.74) is 5.70. The molecule has 118 valence electrons. The van der Waals surface area contributed by atoms with Gasteiger partial charge >= 0.3 is 5.97 Å². The number of amides is 2. The first kappa shape index (κ1) is 16.1. The smallest absolute Gasteiger partial charge is 0.326 e. The molecule has 0 aromatic carbocycles. The summed E-state index contributed by atoms with van der Waals surface area (Å²) in [5, 5.41) is 9.17. The van der Waals surface area contributed by atoms with E-state index in [0.717, 1.165) is 6.42 Å². The highest BCUT2D eigenvalue weighted by atomic mass is 32.1. The molecule has 0 saturated carbocycles. The molecule has 2 amide bonds. The van der Waals surface area contributed by atoms with Gasteiger partial charge in [-0.3, -0.25) is 9.59 Å². The molecule has 7 nitrogen and oxygen atoms in total. The standard InChI is InChI=1S/C13H21N3O4S/c14-8(7-21)11(17)15-5-1-3-9(15)12(18)16-6-2-4-10(16)13(19)20/h8-10,21H,1-7,14H2,(H,19,20). The predicted molar refractivity (Wildman–Crippen MR) is 78.9 cm³/mol. The molecule has 0 aromatic rings. The molecule has 21 heavy (non-hydrogen) atoms. The van der Waals surface area contributed by atoms with Gasteiger partial charge in [-0.25, -0.2) is 4.79 Å². The summed E-state index contributed by atoms with van der Waals surface area (Å²) in [6, 6.07) is -2.08. The van der Waals surface area contributed by atoms with Gasteiger partial charge in [-0.05, 0) is 25.7 Å². The number of carboxylic acids is 1. The lowest BCUT2D eigenvalue weighted by Gasteiger charge is -2.31. The van der Waals surface area contributed by atoms with E-state index in [1.54, 1.807) is 0 Å². The van der Waals surface area contributed by atoms with Crippen molar-refractivity contribution in [2.45, 2.75) is 43.8 Å². The summed E-state index contributed by atoms with van der Waals surface area (Å²) >= 11 is 4.01. The molecule has 3 atom stereocenters. The van der Waals surface area contributed by atoms with Crippen LogP contribution in [0.3, 0.4) is 0 Å². The van der Waals surface area contributed by atoms with Gasteiger partial charge in [0.15, 0.2) is 0 Å². The number of aliphatic carboxylic acids is 1. The summed E-state index contributed by atoms with van der Waals surface area (Å²) in [5.74, 6) is -1.31. The SMILES string of the molecule is NC(CS)C(=O)N1CCCC1C(=O)N1CCCC1C(=O)O. The van der Waals surface area contributed by atoms with Crippen molar-refractivity contribution >= 4 is 30.4 Å². The van der Waals surface area contributed by atoms with E-state index in [-0.39, 0.29) is 17.6 Å². The van der Waals surface area contributed by atoms with Crippen LogP contribution in [0, 0.1) is 0 Å². The van der Waals surface area contributed by atoms with Gasteiger partial charge in [-0.2, -0.15) is 12.6 Å². The largest absolute Gasteiger partial charge is 0.480 e. The average molecular weight is 315 g/mol. The molecule has 3 unspecified atom stereocenters. The summed E-state index contributed by atoms with van der Waals surface area (Å²) in [6.07, 6.45) is 2.44. The van der Waals surface area contributed by atoms with Gasteiger partial charge < -0.3 is 20.6 Å². The van der Waals surface area contributed by atoms with Crippen LogP contribution in [0.15, 0.2) is 0 Å². The molecule has 3 N–H and O–H groups in total. The van der Waals surface area contributed by atoms with E-state index < -0.39 is 24.1 Å². The zero-order valence-corrected chi connectivity index (χ0v) is 12.7. The minimum Gasteiger partial charge on any atom is -0.480 e. The first-order chi connectivity index (χ1) is 9.97. The molecule has 2 aliphatic heterocycles. The molecule has 0 radical (unpaired) electrons. The molecule has 2 aliphatic rings. The van der Waals surface area contributed by atoms with Crippen LogP contribution in [0.25, 0.3) is 0 Å². The van der Waals surface area contributed by atoms with E-state index in [1.807, 2.05) is 0 Å². The lowest BCUT2D eigenvalue weighted by atomic mass is 10.1. The Morgan fingerprint density at radius 1 is 1.14 bits per heavy atom. The normalized spacial score (nSPS) is 27.0. The Hall–Kier alpha value is -1.28. The highest BCUT2D eigenvalue weighted by Crippen LogP contribution is 2.25. The molecule has 2 fully saturated rings. The third kappa shape index (κ3) is 3.16. The number of hydrogen-bond acceptors (Lipinski definition) is 5. The fourth-order valence-corrected chi connectivity index (χ4v) is 3.21. The Morgan fingerprint density at radius 2 is 1.71 bits per heavy atom. The summed E-state index contributed by atoms with van der Waals surface area (Å²) < 4.78 is 0. The molecule has 2 rings (SSSR count). The van der Waals surface area contributed by atoms with Crippen LogP contribution in [-0.4, -0.2) is 69.7 Å². The molecule has 0 aromatic heterocycles. The zero-order valence-electron chi connectivity index (χ0n) is 11.8. The number of nitrogens with zero attached hydrogens (tertiary/aromatic N) is 2. The minimum absolute atomic E-state index is 0.220. The van der Waals surface area contributed by atoms with Crippen molar-refractivity contribution in [2.75, 3.05) is 18.8 Å². The fourth-order valence-electron chi connectivity index (χ4n) is 3.06. The van der Waals surface area contributed by atoms with E-state index in [1.165, 1.54) is 9.80 Å². The van der Waals surface area contributed by atoms with Gasteiger partial charge in [-0.15, -0.1) is 0 Å². The quantitative estimate of drug-likeness (QED) is 0.596. The molecular formula is C13H21N3O4S. The predicted octanol–water partition coefficient (Wildman–Crippen LogP) is -0.690. The molecule has 0 bridgehead atoms. The second-order valence-corrected chi connectivity index (χ2v) is 5.87. The van der Waals surface area contributed by atoms with Gasteiger partial charge in [0.1, 0.15) is 12.1 Å². The van der Waals surface area contributed by atoms with Gasteiger partial charge in [0.05, 0.1) is 6.04 Å². The Labute approximate surface area is 128 Å². The van der Waals surface area contributed by atoms with Crippen LogP contribution in [0.1, 0.15) is 25.7 Å². The monoisotopic (exact) mass is 315 g/mol. The summed E-state index contributed by atoms with van der Waals surface area (Å²) in [7, 11) is 0. The van der Waals surface area contributed by atoms with Crippen LogP contribution in [0.2, 0.25) is 0 Å². The van der Waals surface area contributed by atoms with Gasteiger partial charge in [-0.1, -0.05) is 0 Å². The van der Waals surface area contributed by atoms with E-state index >= 15 is 0 Å². The lowest BCUT2D eigenvalue weighted by Crippen LogP contribution is -2.54. The maximum absolute atomic E-state index is 12.6. The van der Waals surface area contributed by atoms with Crippen molar-refractivity contribution in [1.29, 1.82) is 0 Å². The summed E-state index contributed by atoms with van der Waals surface area (Å²) in [6.45, 7) is 0.926. The lowest BCUT2D eigenvalue weighted by molar-refractivity contribution is -0.151. The maximum Gasteiger partial charge on any atom is 0.326 e. The Bertz CT molecular complexity index is 445. The van der Waals surface area contributed by atoms with E-state index in [0.29, 0.717) is 32.4 Å². The molecule has 0 spiro atoms. The third-order valence-electron chi connectivity index (χ3n) is 4.16. The fraction of sp³-hybridized carbons (Fsp3) is 0.769. The first-order valence-corrected chi connectivity index (χ1v) is 7.80. The molecule has 8 heteroatoms. The number of carbonyl (C=O) groups excluding carboxylic acids is 2. The van der Waals surface area contributed by atoms with Crippen molar-refractivity contribution in [3.05, 3.63) is 0 Å². The number of nitrogens with two attached hydrogens (primary N) is 1. The highest BCUT2D eigenvalue weighted by Gasteiger charge is 2.42. The molecule has 2 heterocycles. The van der Waals surface area contributed by atoms with Crippen LogP contribution in [0.4, 0.5) is 0 Å². The van der Waals surface area contributed by atoms with Crippen molar-refractivity contribution in [3.63, 3.8) is 0 Å². The van der Waals surface area contributed by atoms with Crippen LogP contribution in [-0.2, 0) is 14.4 Å². The van der Waals surface area contributed by atoms with Gasteiger partial charge in [0, 0.05) is 18.8 Å². The molecule has 2 saturated heterocycles. The van der Waals surface area contributed by atoms with Crippen molar-refractivity contribution in [3.8, 4) is 0 Å². The van der Waals surface area contributed by atoms with Crippen LogP contribution in [0.5, 0.6) is 0 Å². The second kappa shape index (κ2) is 6.65. The Kier molecular flexibility index (Phi) is 5.10. The van der Waals surface area contributed by atoms with Crippen molar-refractivity contribution in [1.82, 2.24) is 9.80 Å². The number of hydrogen-bond donors (Lipinski definition) is 3. The van der Waals surface area contributed by atoms with Gasteiger partial charge in [0.2, 0.25) is 11.8 Å². The van der Waals surface area contributed by atoms with Crippen LogP contribution < -0.4 is 5.73 Å². The van der Waals surface area contributed by atoms with E-state index in [9.17, 15) is 19.5 Å². The number of likely N-dealkylation sites (tertiary alicyclic amines) is 2. The van der Waals surface area contributed by atoms with E-state index in [2.05, 4.69) is 12.6 Å². The van der Waals surface area contributed by atoms with Gasteiger partial charge in [0.25, 0.3) is 0 Å². The Balaban J connectivity index is 2.10. The second-order valence-electron chi connectivity index (χ2n) is 5.51. The highest BCUT2D eigenvalue weighted by molar-refractivity contribution is 7.80. The number of carbonyl (C=O) groups is 3. The number of rotatable bonds is 4. The van der Waals surface area contributed by atoms with Crippen molar-refractivity contribution in [2.24, 2.45) is 5.73 Å². The zero-order chi connectivity index (χ0) is 15.6. The maximum atomic E-state index is 12.6. The minimum atomic E-state index is -0.983. The topological polar surface area (TPSA) is 104 Å². The number of thiol groups is 1.